The number of nitrogens with zero attached hydrogens (tertiary/aromatic N) is 4. The Bertz CT molecular complexity index is 1100. The largest absolute Gasteiger partial charge is 0.445 e. The Morgan fingerprint density at radius 3 is 2.54 bits per heavy atom. The highest BCUT2D eigenvalue weighted by molar-refractivity contribution is 6.30. The number of ether oxygens (including phenoxy) is 1. The minimum atomic E-state index is -4.55. The maximum absolute atomic E-state index is 13.2. The smallest absolute Gasteiger partial charge is 0.416 e. The van der Waals surface area contributed by atoms with Crippen LogP contribution >= 0.6 is 11.6 Å². The predicted octanol–water partition coefficient (Wildman–Crippen LogP) is 3.92. The van der Waals surface area contributed by atoms with Gasteiger partial charge in [0.2, 0.25) is 0 Å². The molecule has 35 heavy (non-hydrogen) atoms. The summed E-state index contributed by atoms with van der Waals surface area (Å²) < 4.78 is 46.1. The van der Waals surface area contributed by atoms with E-state index >= 15 is 0 Å². The lowest BCUT2D eigenvalue weighted by Gasteiger charge is -2.39. The summed E-state index contributed by atoms with van der Waals surface area (Å²) in [6.45, 7) is 6.13. The van der Waals surface area contributed by atoms with Crippen LogP contribution in [0, 0.1) is 0 Å². The summed E-state index contributed by atoms with van der Waals surface area (Å²) >= 11 is 5.80. The third-order valence-electron chi connectivity index (χ3n) is 6.20. The molecule has 1 aromatic heterocycles. The molecule has 3 heterocycles. The molecule has 0 aliphatic carbocycles. The van der Waals surface area contributed by atoms with Crippen LogP contribution in [0.15, 0.2) is 24.3 Å². The maximum Gasteiger partial charge on any atom is 0.416 e. The fourth-order valence-corrected chi connectivity index (χ4v) is 4.78. The van der Waals surface area contributed by atoms with E-state index in [4.69, 9.17) is 16.3 Å². The minimum absolute atomic E-state index is 0.0311. The monoisotopic (exact) mass is 513 g/mol. The number of carbonyl (C=O) groups is 2. The van der Waals surface area contributed by atoms with Crippen molar-refractivity contribution in [2.45, 2.75) is 58.2 Å². The highest BCUT2D eigenvalue weighted by atomic mass is 35.5. The molecule has 2 aromatic rings. The first kappa shape index (κ1) is 25.3. The summed E-state index contributed by atoms with van der Waals surface area (Å²) in [7, 11) is 0. The van der Waals surface area contributed by atoms with E-state index in [2.05, 4.69) is 10.4 Å². The summed E-state index contributed by atoms with van der Waals surface area (Å²) in [4.78, 5) is 29.1. The van der Waals surface area contributed by atoms with Crippen molar-refractivity contribution in [1.29, 1.82) is 0 Å². The lowest BCUT2D eigenvalue weighted by Crippen LogP contribution is -2.57. The fraction of sp³-hybridized carbons (Fsp3) is 0.522. The normalized spacial score (nSPS) is 20.9. The van der Waals surface area contributed by atoms with E-state index in [1.165, 1.54) is 11.0 Å². The lowest BCUT2D eigenvalue weighted by atomic mass is 10.1. The molecule has 190 valence electrons. The van der Waals surface area contributed by atoms with E-state index in [0.717, 1.165) is 12.1 Å². The Morgan fingerprint density at radius 1 is 1.14 bits per heavy atom. The van der Waals surface area contributed by atoms with Crippen LogP contribution in [-0.4, -0.2) is 63.3 Å². The second-order valence-corrected chi connectivity index (χ2v) is 9.42. The first-order chi connectivity index (χ1) is 16.5. The summed E-state index contributed by atoms with van der Waals surface area (Å²) in [5.41, 5.74) is 0.264. The van der Waals surface area contributed by atoms with E-state index in [1.807, 2.05) is 18.7 Å². The van der Waals surface area contributed by atoms with Crippen LogP contribution in [0.3, 0.4) is 0 Å². The number of amides is 2. The molecule has 1 saturated heterocycles. The number of carbonyl (C=O) groups excluding carboxylic acids is 2. The van der Waals surface area contributed by atoms with Crippen LogP contribution < -0.4 is 5.32 Å². The van der Waals surface area contributed by atoms with Gasteiger partial charge < -0.3 is 19.9 Å². The quantitative estimate of drug-likeness (QED) is 0.673. The van der Waals surface area contributed by atoms with Crippen LogP contribution in [0.4, 0.5) is 18.0 Å². The number of nitrogens with one attached hydrogen (secondary N) is 1. The number of aryl methyl sites for hydroxylation is 1. The molecule has 0 bridgehead atoms. The predicted molar refractivity (Wildman–Crippen MR) is 122 cm³/mol. The Balaban J connectivity index is 1.43. The van der Waals surface area contributed by atoms with Crippen molar-refractivity contribution in [2.24, 2.45) is 0 Å². The number of fused-ring (bicyclic) bond motifs is 1. The van der Waals surface area contributed by atoms with E-state index in [0.29, 0.717) is 44.0 Å². The first-order valence-electron chi connectivity index (χ1n) is 11.4. The van der Waals surface area contributed by atoms with Gasteiger partial charge in [0.15, 0.2) is 5.69 Å². The van der Waals surface area contributed by atoms with Crippen LogP contribution in [-0.2, 0) is 30.6 Å². The van der Waals surface area contributed by atoms with Gasteiger partial charge in [-0.05, 0) is 50.1 Å². The molecule has 0 spiro atoms. The Kier molecular flexibility index (Phi) is 7.27. The van der Waals surface area contributed by atoms with Crippen LogP contribution in [0.2, 0.25) is 5.02 Å². The number of benzene rings is 1. The number of halogens is 4. The van der Waals surface area contributed by atoms with Gasteiger partial charge in [0.25, 0.3) is 5.91 Å². The molecule has 0 unspecified atom stereocenters. The zero-order chi connectivity index (χ0) is 25.3. The van der Waals surface area contributed by atoms with Gasteiger partial charge in [0.1, 0.15) is 6.61 Å². The van der Waals surface area contributed by atoms with Crippen LogP contribution in [0.5, 0.6) is 0 Å². The zero-order valence-corrected chi connectivity index (χ0v) is 20.2. The van der Waals surface area contributed by atoms with Gasteiger partial charge in [-0.3, -0.25) is 9.48 Å². The molecule has 2 aliphatic rings. The summed E-state index contributed by atoms with van der Waals surface area (Å²) in [6, 6.07) is 4.82. The number of aromatic nitrogens is 2. The molecule has 4 rings (SSSR count). The third-order valence-corrected chi connectivity index (χ3v) is 6.42. The van der Waals surface area contributed by atoms with E-state index < -0.39 is 17.8 Å². The second-order valence-electron chi connectivity index (χ2n) is 8.99. The Morgan fingerprint density at radius 2 is 1.86 bits per heavy atom. The van der Waals surface area contributed by atoms with Crippen molar-refractivity contribution >= 4 is 23.6 Å². The average molecular weight is 514 g/mol. The van der Waals surface area contributed by atoms with Gasteiger partial charge in [-0.1, -0.05) is 11.6 Å². The van der Waals surface area contributed by atoms with Gasteiger partial charge in [0.05, 0.1) is 17.8 Å². The zero-order valence-electron chi connectivity index (χ0n) is 19.4. The van der Waals surface area contributed by atoms with E-state index in [-0.39, 0.29) is 41.7 Å². The highest BCUT2D eigenvalue weighted by Crippen LogP contribution is 2.32. The number of alkyl halides is 3. The minimum Gasteiger partial charge on any atom is -0.445 e. The first-order valence-corrected chi connectivity index (χ1v) is 11.8. The Hall–Kier alpha value is -2.79. The fourth-order valence-electron chi connectivity index (χ4n) is 4.52. The van der Waals surface area contributed by atoms with Gasteiger partial charge in [-0.2, -0.15) is 18.3 Å². The van der Waals surface area contributed by atoms with Gasteiger partial charge in [-0.15, -0.1) is 0 Å². The number of piperazine rings is 1. The van der Waals surface area contributed by atoms with Gasteiger partial charge in [0, 0.05) is 43.3 Å². The molecule has 2 atom stereocenters. The standard InChI is InChI=1S/C23H27ClF3N5O3/c1-14-10-28-11-15(2)32(14)21(33)20-9-19-12-30(4-3-5-31(19)29-20)22(34)35-13-16-6-17(23(25,26)27)8-18(24)7-16/h6-9,14-15,28H,3-5,10-13H2,1-2H3/t14-,15+. The van der Waals surface area contributed by atoms with Crippen molar-refractivity contribution in [1.82, 2.24) is 24.9 Å². The average Bonchev–Trinajstić information content (AvgIpc) is 3.07. The maximum atomic E-state index is 13.2. The second kappa shape index (κ2) is 10.1. The molecule has 8 nitrogen and oxygen atoms in total. The van der Waals surface area contributed by atoms with Crippen molar-refractivity contribution in [3.63, 3.8) is 0 Å². The molecule has 1 N–H and O–H groups in total. The molecule has 0 radical (unpaired) electrons. The van der Waals surface area contributed by atoms with Crippen molar-refractivity contribution < 1.29 is 27.5 Å². The third kappa shape index (κ3) is 5.72. The van der Waals surface area contributed by atoms with Gasteiger partial charge in [-0.25, -0.2) is 4.79 Å². The summed E-state index contributed by atoms with van der Waals surface area (Å²) in [5.74, 6) is -0.150. The molecular formula is C23H27ClF3N5O3. The molecular weight excluding hydrogens is 487 g/mol. The lowest BCUT2D eigenvalue weighted by molar-refractivity contribution is -0.137. The molecule has 2 aliphatic heterocycles. The van der Waals surface area contributed by atoms with E-state index in [1.54, 1.807) is 10.7 Å². The number of hydrogen-bond donors (Lipinski definition) is 1. The number of rotatable bonds is 3. The van der Waals surface area contributed by atoms with Crippen molar-refractivity contribution in [2.75, 3.05) is 19.6 Å². The SMILES string of the molecule is C[C@@H]1CNC[C@H](C)N1C(=O)c1cc2n(n1)CCCN(C(=O)OCc1cc(Cl)cc(C(F)(F)F)c1)C2. The Labute approximate surface area is 205 Å². The van der Waals surface area contributed by atoms with Crippen LogP contribution in [0.25, 0.3) is 0 Å². The molecule has 0 saturated carbocycles. The molecule has 2 amide bonds. The van der Waals surface area contributed by atoms with Crippen molar-refractivity contribution in [3.05, 3.63) is 51.8 Å². The molecule has 12 heteroatoms. The summed E-state index contributed by atoms with van der Waals surface area (Å²) in [6.07, 6.45) is -4.62. The topological polar surface area (TPSA) is 79.7 Å². The molecule has 1 aromatic carbocycles. The van der Waals surface area contributed by atoms with Crippen LogP contribution in [0.1, 0.15) is 47.6 Å². The number of hydrogen-bond acceptors (Lipinski definition) is 5. The van der Waals surface area contributed by atoms with E-state index in [9.17, 15) is 22.8 Å². The molecule has 1 fully saturated rings. The van der Waals surface area contributed by atoms with Gasteiger partial charge >= 0.3 is 12.3 Å². The summed E-state index contributed by atoms with van der Waals surface area (Å²) in [5, 5.41) is 7.69. The van der Waals surface area contributed by atoms with Crippen molar-refractivity contribution in [3.8, 4) is 0 Å². The highest BCUT2D eigenvalue weighted by Gasteiger charge is 2.33.